The van der Waals surface area contributed by atoms with Crippen LogP contribution in [0.5, 0.6) is 0 Å². The van der Waals surface area contributed by atoms with Crippen molar-refractivity contribution in [3.8, 4) is 11.3 Å². The van der Waals surface area contributed by atoms with Gasteiger partial charge >= 0.3 is 12.1 Å². The summed E-state index contributed by atoms with van der Waals surface area (Å²) in [4.78, 5) is 23.5. The number of carbonyl (C=O) groups is 2. The highest BCUT2D eigenvalue weighted by molar-refractivity contribution is 6.06. The number of benzene rings is 2. The minimum absolute atomic E-state index is 0.0450. The van der Waals surface area contributed by atoms with E-state index in [-0.39, 0.29) is 28.3 Å². The minimum Gasteiger partial charge on any atom is -0.478 e. The summed E-state index contributed by atoms with van der Waals surface area (Å²) in [6.45, 7) is 0. The Kier molecular flexibility index (Phi) is 4.72. The van der Waals surface area contributed by atoms with Crippen LogP contribution < -0.4 is 5.32 Å². The molecule has 27 heavy (non-hydrogen) atoms. The molecule has 138 valence electrons. The molecular formula is C19H12F3NO4. The summed E-state index contributed by atoms with van der Waals surface area (Å²) in [5.41, 5.74) is -1.17. The van der Waals surface area contributed by atoms with Gasteiger partial charge < -0.3 is 14.8 Å². The van der Waals surface area contributed by atoms with Crippen molar-refractivity contribution >= 4 is 17.6 Å². The van der Waals surface area contributed by atoms with Crippen molar-refractivity contribution in [2.45, 2.75) is 6.18 Å². The predicted octanol–water partition coefficient (Wildman–Crippen LogP) is 4.92. The van der Waals surface area contributed by atoms with Gasteiger partial charge in [-0.3, -0.25) is 4.79 Å². The van der Waals surface area contributed by atoms with Gasteiger partial charge in [0.25, 0.3) is 5.91 Å². The largest absolute Gasteiger partial charge is 0.478 e. The summed E-state index contributed by atoms with van der Waals surface area (Å²) in [5.74, 6) is -2.38. The lowest BCUT2D eigenvalue weighted by molar-refractivity contribution is -0.137. The van der Waals surface area contributed by atoms with Gasteiger partial charge in [0.1, 0.15) is 5.76 Å². The van der Waals surface area contributed by atoms with Crippen molar-refractivity contribution in [2.24, 2.45) is 0 Å². The predicted molar refractivity (Wildman–Crippen MR) is 90.5 cm³/mol. The molecule has 0 spiro atoms. The lowest BCUT2D eigenvalue weighted by atomic mass is 10.1. The molecule has 0 aliphatic heterocycles. The maximum Gasteiger partial charge on any atom is 0.417 e. The van der Waals surface area contributed by atoms with Gasteiger partial charge in [-0.1, -0.05) is 30.3 Å². The number of hydrogen-bond donors (Lipinski definition) is 2. The number of halogens is 3. The Hall–Kier alpha value is -3.55. The number of amides is 1. The van der Waals surface area contributed by atoms with Crippen molar-refractivity contribution in [2.75, 3.05) is 5.32 Å². The molecule has 5 nitrogen and oxygen atoms in total. The first-order valence-corrected chi connectivity index (χ1v) is 7.67. The van der Waals surface area contributed by atoms with E-state index in [0.717, 1.165) is 6.07 Å². The van der Waals surface area contributed by atoms with E-state index in [4.69, 9.17) is 9.52 Å². The third-order valence-electron chi connectivity index (χ3n) is 3.73. The van der Waals surface area contributed by atoms with E-state index in [1.807, 2.05) is 0 Å². The van der Waals surface area contributed by atoms with Gasteiger partial charge in [-0.25, -0.2) is 4.79 Å². The van der Waals surface area contributed by atoms with Crippen LogP contribution in [0.25, 0.3) is 11.3 Å². The summed E-state index contributed by atoms with van der Waals surface area (Å²) < 4.78 is 44.7. The number of alkyl halides is 3. The van der Waals surface area contributed by atoms with Gasteiger partial charge in [0.2, 0.25) is 0 Å². The lowest BCUT2D eigenvalue weighted by Gasteiger charge is -2.10. The maximum atomic E-state index is 13.1. The maximum absolute atomic E-state index is 13.1. The SMILES string of the molecule is O=C(Nc1ccccc1C(=O)O)c1ccc(-c2ccccc2C(F)(F)F)o1. The Balaban J connectivity index is 1.89. The van der Waals surface area contributed by atoms with Crippen molar-refractivity contribution in [3.05, 3.63) is 77.6 Å². The number of hydrogen-bond acceptors (Lipinski definition) is 3. The van der Waals surface area contributed by atoms with Gasteiger partial charge in [-0.05, 0) is 30.3 Å². The molecule has 1 amide bonds. The molecule has 3 rings (SSSR count). The molecule has 0 bridgehead atoms. The van der Waals surface area contributed by atoms with Crippen LogP contribution >= 0.6 is 0 Å². The number of rotatable bonds is 4. The molecule has 0 saturated heterocycles. The third kappa shape index (κ3) is 3.84. The van der Waals surface area contributed by atoms with E-state index in [9.17, 15) is 22.8 Å². The van der Waals surface area contributed by atoms with E-state index in [1.165, 1.54) is 54.6 Å². The standard InChI is InChI=1S/C19H12F3NO4/c20-19(21,22)13-7-3-1-5-11(13)15-9-10-16(27-15)17(24)23-14-8-4-2-6-12(14)18(25)26/h1-10H,(H,23,24)(H,25,26). The average Bonchev–Trinajstić information content (AvgIpc) is 3.11. The second-order valence-corrected chi connectivity index (χ2v) is 5.51. The Morgan fingerprint density at radius 3 is 2.30 bits per heavy atom. The third-order valence-corrected chi connectivity index (χ3v) is 3.73. The van der Waals surface area contributed by atoms with Crippen LogP contribution in [0.3, 0.4) is 0 Å². The second kappa shape index (κ2) is 6.99. The van der Waals surface area contributed by atoms with Crippen molar-refractivity contribution in [1.82, 2.24) is 0 Å². The number of aromatic carboxylic acids is 1. The van der Waals surface area contributed by atoms with Gasteiger partial charge in [0.05, 0.1) is 16.8 Å². The Morgan fingerprint density at radius 2 is 1.59 bits per heavy atom. The zero-order valence-corrected chi connectivity index (χ0v) is 13.6. The first-order valence-electron chi connectivity index (χ1n) is 7.67. The fraction of sp³-hybridized carbons (Fsp3) is 0.0526. The smallest absolute Gasteiger partial charge is 0.417 e. The summed E-state index contributed by atoms with van der Waals surface area (Å²) in [6.07, 6.45) is -4.58. The molecule has 0 atom stereocenters. The van der Waals surface area contributed by atoms with Gasteiger partial charge in [0, 0.05) is 5.56 Å². The Bertz CT molecular complexity index is 1010. The molecule has 0 radical (unpaired) electrons. The normalized spacial score (nSPS) is 11.2. The van der Waals surface area contributed by atoms with Crippen LogP contribution in [-0.2, 0) is 6.18 Å². The molecule has 0 fully saturated rings. The van der Waals surface area contributed by atoms with Gasteiger partial charge in [-0.15, -0.1) is 0 Å². The molecule has 0 aliphatic rings. The van der Waals surface area contributed by atoms with Crippen LogP contribution in [0.15, 0.2) is 65.1 Å². The first-order chi connectivity index (χ1) is 12.8. The Labute approximate surface area is 151 Å². The molecule has 1 heterocycles. The Morgan fingerprint density at radius 1 is 0.926 bits per heavy atom. The fourth-order valence-corrected chi connectivity index (χ4v) is 2.51. The molecule has 1 aromatic heterocycles. The van der Waals surface area contributed by atoms with E-state index in [0.29, 0.717) is 0 Å². The number of carbonyl (C=O) groups excluding carboxylic acids is 1. The quantitative estimate of drug-likeness (QED) is 0.679. The summed E-state index contributed by atoms with van der Waals surface area (Å²) in [7, 11) is 0. The molecule has 0 saturated carbocycles. The zero-order chi connectivity index (χ0) is 19.6. The number of nitrogens with one attached hydrogen (secondary N) is 1. The number of carboxylic acids is 1. The number of furan rings is 1. The van der Waals surface area contributed by atoms with Crippen LogP contribution in [0, 0.1) is 0 Å². The average molecular weight is 375 g/mol. The topological polar surface area (TPSA) is 79.5 Å². The second-order valence-electron chi connectivity index (χ2n) is 5.51. The van der Waals surface area contributed by atoms with E-state index < -0.39 is 23.6 Å². The van der Waals surface area contributed by atoms with Gasteiger partial charge in [0.15, 0.2) is 5.76 Å². The summed E-state index contributed by atoms with van der Waals surface area (Å²) in [5, 5.41) is 11.5. The van der Waals surface area contributed by atoms with Crippen LogP contribution in [0.2, 0.25) is 0 Å². The number of anilines is 1. The van der Waals surface area contributed by atoms with Crippen molar-refractivity contribution < 1.29 is 32.3 Å². The molecular weight excluding hydrogens is 363 g/mol. The van der Waals surface area contributed by atoms with Gasteiger partial charge in [-0.2, -0.15) is 13.2 Å². The van der Waals surface area contributed by atoms with E-state index in [1.54, 1.807) is 0 Å². The lowest BCUT2D eigenvalue weighted by Crippen LogP contribution is -2.14. The van der Waals surface area contributed by atoms with Crippen LogP contribution in [0.4, 0.5) is 18.9 Å². The molecule has 3 aromatic rings. The summed E-state index contributed by atoms with van der Waals surface area (Å²) >= 11 is 0. The number of carboxylic acid groups (broad SMARTS) is 1. The van der Waals surface area contributed by atoms with Crippen LogP contribution in [0.1, 0.15) is 26.5 Å². The summed E-state index contributed by atoms with van der Waals surface area (Å²) in [6, 6.07) is 13.1. The zero-order valence-electron chi connectivity index (χ0n) is 13.6. The molecule has 8 heteroatoms. The highest BCUT2D eigenvalue weighted by atomic mass is 19.4. The van der Waals surface area contributed by atoms with E-state index >= 15 is 0 Å². The van der Waals surface area contributed by atoms with Crippen molar-refractivity contribution in [1.29, 1.82) is 0 Å². The van der Waals surface area contributed by atoms with E-state index in [2.05, 4.69) is 5.32 Å². The molecule has 2 aromatic carbocycles. The first kappa shape index (κ1) is 18.2. The van der Waals surface area contributed by atoms with Crippen molar-refractivity contribution in [3.63, 3.8) is 0 Å². The highest BCUT2D eigenvalue weighted by Gasteiger charge is 2.34. The molecule has 0 aliphatic carbocycles. The number of para-hydroxylation sites is 1. The minimum atomic E-state index is -4.58. The molecule has 2 N–H and O–H groups in total. The molecule has 0 unspecified atom stereocenters. The monoisotopic (exact) mass is 375 g/mol. The fourth-order valence-electron chi connectivity index (χ4n) is 2.51. The highest BCUT2D eigenvalue weighted by Crippen LogP contribution is 2.37. The van der Waals surface area contributed by atoms with Crippen LogP contribution in [-0.4, -0.2) is 17.0 Å².